The first-order valence-corrected chi connectivity index (χ1v) is 15.6. The van der Waals surface area contributed by atoms with Crippen LogP contribution in [-0.4, -0.2) is 26.7 Å². The molecular formula is C38H30N2O5S. The number of hydrogen-bond acceptors (Lipinski definition) is 6. The van der Waals surface area contributed by atoms with Gasteiger partial charge in [0.1, 0.15) is 5.69 Å². The molecule has 0 fully saturated rings. The Labute approximate surface area is 269 Å². The van der Waals surface area contributed by atoms with Crippen LogP contribution in [0, 0.1) is 0 Å². The Morgan fingerprint density at radius 3 is 1.63 bits per heavy atom. The molecule has 46 heavy (non-hydrogen) atoms. The molecule has 0 atom stereocenters. The van der Waals surface area contributed by atoms with Gasteiger partial charge in [-0.25, -0.2) is 4.79 Å². The van der Waals surface area contributed by atoms with Gasteiger partial charge in [0.15, 0.2) is 12.0 Å². The minimum absolute atomic E-state index is 0.158. The summed E-state index contributed by atoms with van der Waals surface area (Å²) in [6, 6.07) is 42.0. The van der Waals surface area contributed by atoms with Crippen molar-refractivity contribution in [2.45, 2.75) is 18.4 Å². The third kappa shape index (κ3) is 6.38. The topological polar surface area (TPSA) is 101 Å². The Morgan fingerprint density at radius 2 is 1.20 bits per heavy atom. The molecule has 2 aromatic heterocycles. The van der Waals surface area contributed by atoms with E-state index in [1.165, 1.54) is 17.5 Å². The number of aromatic nitrogens is 1. The van der Waals surface area contributed by atoms with Crippen LogP contribution in [0.25, 0.3) is 0 Å². The first kappa shape index (κ1) is 30.3. The summed E-state index contributed by atoms with van der Waals surface area (Å²) in [6.45, 7) is -0.360. The molecule has 0 saturated heterocycles. The van der Waals surface area contributed by atoms with E-state index in [0.717, 1.165) is 27.0 Å². The number of nitrogens with zero attached hydrogens (tertiary/aromatic N) is 2. The van der Waals surface area contributed by atoms with Crippen LogP contribution in [0.5, 0.6) is 0 Å². The maximum absolute atomic E-state index is 15.0. The Kier molecular flexibility index (Phi) is 9.17. The minimum Gasteiger partial charge on any atom is -0.476 e. The molecule has 8 heteroatoms. The van der Waals surface area contributed by atoms with E-state index in [1.807, 2.05) is 121 Å². The molecule has 2 N–H and O–H groups in total. The third-order valence-corrected chi connectivity index (χ3v) is 8.68. The summed E-state index contributed by atoms with van der Waals surface area (Å²) in [7, 11) is 0. The van der Waals surface area contributed by atoms with Gasteiger partial charge >= 0.3 is 5.97 Å². The average Bonchev–Trinajstić information content (AvgIpc) is 3.63. The number of benzene rings is 4. The van der Waals surface area contributed by atoms with Crippen molar-refractivity contribution in [3.05, 3.63) is 199 Å². The fourth-order valence-electron chi connectivity index (χ4n) is 5.75. The number of carboxylic acid groups (broad SMARTS) is 1. The summed E-state index contributed by atoms with van der Waals surface area (Å²) < 4.78 is 0.922. The molecule has 6 rings (SSSR count). The number of aliphatic carboxylic acids is 1. The van der Waals surface area contributed by atoms with Crippen LogP contribution in [0.15, 0.2) is 155 Å². The Morgan fingerprint density at radius 1 is 0.717 bits per heavy atom. The molecular weight excluding hydrogens is 596 g/mol. The van der Waals surface area contributed by atoms with Crippen LogP contribution in [0.2, 0.25) is 0 Å². The Hall–Kier alpha value is -5.73. The largest absolute Gasteiger partial charge is 0.476 e. The summed E-state index contributed by atoms with van der Waals surface area (Å²) in [5.74, 6) is -2.32. The van der Waals surface area contributed by atoms with Gasteiger partial charge in [-0.05, 0) is 33.7 Å². The van der Waals surface area contributed by atoms with E-state index in [0.29, 0.717) is 16.0 Å². The lowest BCUT2D eigenvalue weighted by atomic mass is 9.80. The van der Waals surface area contributed by atoms with E-state index in [1.54, 1.807) is 17.5 Å². The van der Waals surface area contributed by atoms with Crippen molar-refractivity contribution in [1.82, 2.24) is 4.73 Å². The van der Waals surface area contributed by atoms with E-state index in [9.17, 15) is 15.1 Å². The van der Waals surface area contributed by atoms with Crippen molar-refractivity contribution >= 4 is 23.0 Å². The van der Waals surface area contributed by atoms with Gasteiger partial charge in [0.05, 0.1) is 11.1 Å². The molecule has 0 bridgehead atoms. The number of thiophene rings is 1. The average molecular weight is 627 g/mol. The van der Waals surface area contributed by atoms with Gasteiger partial charge in [-0.1, -0.05) is 133 Å². The van der Waals surface area contributed by atoms with Crippen molar-refractivity contribution < 1.29 is 19.9 Å². The molecule has 0 aliphatic heterocycles. The SMILES string of the molecule is O=C(O)/C(=N\OCc1c(C(c2ccccc2)c2ccccc2)c(=O)c(C(c2ccccc2)c2ccccc2)cn1O)c1cccs1. The Bertz CT molecular complexity index is 1910. The van der Waals surface area contributed by atoms with Gasteiger partial charge in [0.2, 0.25) is 5.71 Å². The van der Waals surface area contributed by atoms with Crippen molar-refractivity contribution in [2.24, 2.45) is 5.16 Å². The Balaban J connectivity index is 1.58. The third-order valence-electron chi connectivity index (χ3n) is 7.80. The van der Waals surface area contributed by atoms with Gasteiger partial charge in [-0.15, -0.1) is 11.3 Å². The molecule has 0 radical (unpaired) electrons. The predicted molar refractivity (Wildman–Crippen MR) is 179 cm³/mol. The second-order valence-electron chi connectivity index (χ2n) is 10.6. The molecule has 7 nitrogen and oxygen atoms in total. The van der Waals surface area contributed by atoms with Crippen molar-refractivity contribution in [1.29, 1.82) is 0 Å². The summed E-state index contributed by atoms with van der Waals surface area (Å²) >= 11 is 1.22. The van der Waals surface area contributed by atoms with Crippen molar-refractivity contribution in [3.8, 4) is 0 Å². The monoisotopic (exact) mass is 626 g/mol. The maximum atomic E-state index is 15.0. The molecule has 0 aliphatic rings. The first-order valence-electron chi connectivity index (χ1n) is 14.7. The molecule has 0 saturated carbocycles. The van der Waals surface area contributed by atoms with E-state index in [2.05, 4.69) is 5.16 Å². The second kappa shape index (κ2) is 13.9. The van der Waals surface area contributed by atoms with Crippen LogP contribution in [0.3, 0.4) is 0 Å². The quantitative estimate of drug-likeness (QED) is 0.0881. The lowest BCUT2D eigenvalue weighted by Crippen LogP contribution is -2.28. The van der Waals surface area contributed by atoms with Crippen molar-refractivity contribution in [3.63, 3.8) is 0 Å². The van der Waals surface area contributed by atoms with Crippen molar-refractivity contribution in [2.75, 3.05) is 0 Å². The highest BCUT2D eigenvalue weighted by molar-refractivity contribution is 7.13. The standard InChI is InChI=1S/C38H30N2O5S/c41-37-30(33(26-14-5-1-6-15-26)27-16-7-2-8-17-27)24-40(44)31(25-45-39-36(38(42)43)32-22-13-23-46-32)35(37)34(28-18-9-3-10-19-28)29-20-11-4-12-21-29/h1-24,33-34,44H,25H2,(H,42,43)/b39-36-. The number of pyridine rings is 1. The zero-order valence-electron chi connectivity index (χ0n) is 24.6. The minimum atomic E-state index is -1.25. The van der Waals surface area contributed by atoms with Gasteiger partial charge < -0.3 is 15.2 Å². The fourth-order valence-corrected chi connectivity index (χ4v) is 6.44. The van der Waals surface area contributed by atoms with Crippen LogP contribution in [0.4, 0.5) is 0 Å². The highest BCUT2D eigenvalue weighted by Crippen LogP contribution is 2.36. The van der Waals surface area contributed by atoms with Crippen LogP contribution >= 0.6 is 11.3 Å². The highest BCUT2D eigenvalue weighted by Gasteiger charge is 2.30. The smallest absolute Gasteiger partial charge is 0.359 e. The fraction of sp³-hybridized carbons (Fsp3) is 0.0789. The van der Waals surface area contributed by atoms with Gasteiger partial charge in [0, 0.05) is 23.0 Å². The molecule has 0 unspecified atom stereocenters. The number of carboxylic acids is 1. The predicted octanol–water partition coefficient (Wildman–Crippen LogP) is 7.51. The lowest BCUT2D eigenvalue weighted by molar-refractivity contribution is -0.129. The van der Waals surface area contributed by atoms with Gasteiger partial charge in [-0.2, -0.15) is 4.73 Å². The molecule has 4 aromatic carbocycles. The van der Waals surface area contributed by atoms with Crippen LogP contribution in [0.1, 0.15) is 55.8 Å². The van der Waals surface area contributed by atoms with Crippen LogP contribution in [-0.2, 0) is 16.2 Å². The maximum Gasteiger partial charge on any atom is 0.359 e. The van der Waals surface area contributed by atoms with E-state index >= 15 is 4.79 Å². The van der Waals surface area contributed by atoms with E-state index < -0.39 is 17.8 Å². The summed E-state index contributed by atoms with van der Waals surface area (Å²) in [4.78, 5) is 33.0. The molecule has 2 heterocycles. The van der Waals surface area contributed by atoms with E-state index in [4.69, 9.17) is 4.84 Å². The normalized spacial score (nSPS) is 11.6. The summed E-state index contributed by atoms with van der Waals surface area (Å²) in [5, 5.41) is 27.1. The molecule has 0 amide bonds. The summed E-state index contributed by atoms with van der Waals surface area (Å²) in [6.07, 6.45) is 1.43. The van der Waals surface area contributed by atoms with E-state index in [-0.39, 0.29) is 23.4 Å². The zero-order valence-corrected chi connectivity index (χ0v) is 25.5. The zero-order chi connectivity index (χ0) is 31.9. The lowest BCUT2D eigenvalue weighted by Gasteiger charge is -2.25. The molecule has 6 aromatic rings. The van der Waals surface area contributed by atoms with Gasteiger partial charge in [0.25, 0.3) is 0 Å². The number of oxime groups is 1. The second-order valence-corrected chi connectivity index (χ2v) is 11.6. The molecule has 0 aliphatic carbocycles. The van der Waals surface area contributed by atoms with Gasteiger partial charge in [-0.3, -0.25) is 4.79 Å². The van der Waals surface area contributed by atoms with Crippen LogP contribution < -0.4 is 5.43 Å². The molecule has 228 valence electrons. The number of hydrogen-bond donors (Lipinski definition) is 2. The summed E-state index contributed by atoms with van der Waals surface area (Å²) in [5.41, 5.74) is 3.77. The number of carbonyl (C=O) groups is 1. The molecule has 0 spiro atoms. The highest BCUT2D eigenvalue weighted by atomic mass is 32.1. The first-order chi connectivity index (χ1) is 22.5. The number of rotatable bonds is 11.